The molecular weight excluding hydrogens is 291 g/mol. The van der Waals surface area contributed by atoms with Gasteiger partial charge in [-0.3, -0.25) is 0 Å². The summed E-state index contributed by atoms with van der Waals surface area (Å²) in [5.74, 6) is -2.90. The molecule has 3 aromatic rings. The first kappa shape index (κ1) is 13.7. The number of halogens is 1. The number of carboxylic acid groups (broad SMARTS) is 2. The molecule has 2 aromatic carbocycles. The van der Waals surface area contributed by atoms with E-state index in [1.54, 1.807) is 0 Å². The fourth-order valence-electron chi connectivity index (χ4n) is 2.21. The molecule has 0 saturated carbocycles. The highest BCUT2D eigenvalue weighted by Crippen LogP contribution is 2.24. The molecule has 0 unspecified atom stereocenters. The van der Waals surface area contributed by atoms with Crippen LogP contribution in [0.15, 0.2) is 42.6 Å². The summed E-state index contributed by atoms with van der Waals surface area (Å²) in [6.07, 6.45) is 1.34. The lowest BCUT2D eigenvalue weighted by atomic mass is 10.1. The van der Waals surface area contributed by atoms with Gasteiger partial charge in [0.2, 0.25) is 0 Å². The van der Waals surface area contributed by atoms with Crippen molar-refractivity contribution >= 4 is 22.8 Å². The number of carboxylic acids is 2. The molecule has 0 aliphatic heterocycles. The molecule has 1 aromatic heterocycles. The average molecular weight is 300 g/mol. The Balaban J connectivity index is 2.31. The van der Waals surface area contributed by atoms with Crippen molar-refractivity contribution < 1.29 is 24.2 Å². The number of hydrogen-bond donors (Lipinski definition) is 2. The minimum absolute atomic E-state index is 0.150. The lowest BCUT2D eigenvalue weighted by molar-refractivity contribution is 0.0696. The molecule has 1 heterocycles. The maximum absolute atomic E-state index is 13.0. The molecule has 0 aliphatic rings. The highest BCUT2D eigenvalue weighted by Gasteiger charge is 2.17. The monoisotopic (exact) mass is 300 g/mol. The molecule has 6 nitrogen and oxygen atoms in total. The van der Waals surface area contributed by atoms with Gasteiger partial charge in [-0.15, -0.1) is 0 Å². The molecule has 110 valence electrons. The minimum atomic E-state index is -1.24. The van der Waals surface area contributed by atoms with E-state index in [1.165, 1.54) is 41.2 Å². The summed E-state index contributed by atoms with van der Waals surface area (Å²) in [5, 5.41) is 22.7. The van der Waals surface area contributed by atoms with Gasteiger partial charge in [-0.05, 0) is 36.4 Å². The van der Waals surface area contributed by atoms with Crippen LogP contribution in [-0.4, -0.2) is 31.9 Å². The summed E-state index contributed by atoms with van der Waals surface area (Å²) in [6.45, 7) is 0. The van der Waals surface area contributed by atoms with Gasteiger partial charge >= 0.3 is 11.9 Å². The van der Waals surface area contributed by atoms with Gasteiger partial charge in [-0.2, -0.15) is 5.10 Å². The van der Waals surface area contributed by atoms with Crippen LogP contribution in [0.4, 0.5) is 4.39 Å². The van der Waals surface area contributed by atoms with Gasteiger partial charge in [0.15, 0.2) is 0 Å². The SMILES string of the molecule is O=C(O)c1cc(C(=O)O)c2cnn(-c3ccc(F)cc3)c2c1. The fraction of sp³-hybridized carbons (Fsp3) is 0. The third-order valence-corrected chi connectivity index (χ3v) is 3.24. The van der Waals surface area contributed by atoms with Crippen LogP contribution in [0.3, 0.4) is 0 Å². The van der Waals surface area contributed by atoms with E-state index < -0.39 is 17.8 Å². The molecule has 0 fully saturated rings. The molecule has 3 rings (SSSR count). The number of aromatic nitrogens is 2. The Kier molecular flexibility index (Phi) is 3.10. The molecule has 0 spiro atoms. The van der Waals surface area contributed by atoms with Crippen molar-refractivity contribution in [2.45, 2.75) is 0 Å². The largest absolute Gasteiger partial charge is 0.478 e. The summed E-state index contributed by atoms with van der Waals surface area (Å²) in [7, 11) is 0. The zero-order valence-corrected chi connectivity index (χ0v) is 11.0. The molecule has 7 heteroatoms. The van der Waals surface area contributed by atoms with Crippen LogP contribution in [0, 0.1) is 5.82 Å². The minimum Gasteiger partial charge on any atom is -0.478 e. The number of nitrogens with zero attached hydrogens (tertiary/aromatic N) is 2. The molecule has 0 amide bonds. The van der Waals surface area contributed by atoms with E-state index in [-0.39, 0.29) is 11.1 Å². The van der Waals surface area contributed by atoms with E-state index in [0.717, 1.165) is 6.07 Å². The van der Waals surface area contributed by atoms with Gasteiger partial charge < -0.3 is 10.2 Å². The number of fused-ring (bicyclic) bond motifs is 1. The summed E-state index contributed by atoms with van der Waals surface area (Å²) >= 11 is 0. The van der Waals surface area contributed by atoms with Crippen LogP contribution in [0.25, 0.3) is 16.6 Å². The topological polar surface area (TPSA) is 92.4 Å². The molecule has 0 saturated heterocycles. The Labute approximate surface area is 123 Å². The Hall–Kier alpha value is -3.22. The van der Waals surface area contributed by atoms with Gasteiger partial charge in [-0.1, -0.05) is 0 Å². The van der Waals surface area contributed by atoms with Crippen LogP contribution in [-0.2, 0) is 0 Å². The second-order valence-corrected chi connectivity index (χ2v) is 4.60. The van der Waals surface area contributed by atoms with Crippen molar-refractivity contribution in [1.82, 2.24) is 9.78 Å². The Morgan fingerprint density at radius 3 is 2.32 bits per heavy atom. The number of carbonyl (C=O) groups is 2. The highest BCUT2D eigenvalue weighted by molar-refractivity contribution is 6.06. The smallest absolute Gasteiger partial charge is 0.336 e. The standard InChI is InChI=1S/C15H9FN2O4/c16-9-1-3-10(4-2-9)18-13-6-8(14(19)20)5-11(15(21)22)12(13)7-17-18/h1-7H,(H,19,20)(H,21,22). The van der Waals surface area contributed by atoms with Crippen molar-refractivity contribution in [2.75, 3.05) is 0 Å². The fourth-order valence-corrected chi connectivity index (χ4v) is 2.21. The van der Waals surface area contributed by atoms with Crippen molar-refractivity contribution in [3.05, 3.63) is 59.5 Å². The summed E-state index contributed by atoms with van der Waals surface area (Å²) < 4.78 is 14.4. The molecule has 22 heavy (non-hydrogen) atoms. The third-order valence-electron chi connectivity index (χ3n) is 3.24. The first-order valence-electron chi connectivity index (χ1n) is 6.21. The third kappa shape index (κ3) is 2.18. The number of hydrogen-bond acceptors (Lipinski definition) is 3. The maximum atomic E-state index is 13.0. The van der Waals surface area contributed by atoms with Gasteiger partial charge in [0.25, 0.3) is 0 Å². The predicted octanol–water partition coefficient (Wildman–Crippen LogP) is 2.56. The first-order valence-corrected chi connectivity index (χ1v) is 6.21. The second kappa shape index (κ2) is 4.96. The highest BCUT2D eigenvalue weighted by atomic mass is 19.1. The van der Waals surface area contributed by atoms with Crippen molar-refractivity contribution in [2.24, 2.45) is 0 Å². The van der Waals surface area contributed by atoms with E-state index >= 15 is 0 Å². The van der Waals surface area contributed by atoms with Crippen LogP contribution in [0.1, 0.15) is 20.7 Å². The van der Waals surface area contributed by atoms with Crippen molar-refractivity contribution in [1.29, 1.82) is 0 Å². The summed E-state index contributed by atoms with van der Waals surface area (Å²) in [4.78, 5) is 22.5. The van der Waals surface area contributed by atoms with Gasteiger partial charge in [0.05, 0.1) is 28.5 Å². The summed E-state index contributed by atoms with van der Waals surface area (Å²) in [5.41, 5.74) is 0.510. The normalized spacial score (nSPS) is 10.8. The quantitative estimate of drug-likeness (QED) is 0.775. The van der Waals surface area contributed by atoms with Crippen LogP contribution in [0.5, 0.6) is 0 Å². The zero-order chi connectivity index (χ0) is 15.9. The van der Waals surface area contributed by atoms with Gasteiger partial charge in [-0.25, -0.2) is 18.7 Å². The molecule has 2 N–H and O–H groups in total. The lowest BCUT2D eigenvalue weighted by Gasteiger charge is -2.05. The van der Waals surface area contributed by atoms with E-state index in [4.69, 9.17) is 5.11 Å². The average Bonchev–Trinajstić information content (AvgIpc) is 2.90. The second-order valence-electron chi connectivity index (χ2n) is 4.60. The maximum Gasteiger partial charge on any atom is 0.336 e. The van der Waals surface area contributed by atoms with E-state index in [1.807, 2.05) is 0 Å². The predicted molar refractivity (Wildman–Crippen MR) is 74.9 cm³/mol. The Morgan fingerprint density at radius 1 is 1.05 bits per heavy atom. The molecular formula is C15H9FN2O4. The van der Waals surface area contributed by atoms with E-state index in [0.29, 0.717) is 16.6 Å². The van der Waals surface area contributed by atoms with Gasteiger partial charge in [0, 0.05) is 5.39 Å². The number of benzene rings is 2. The molecule has 0 radical (unpaired) electrons. The van der Waals surface area contributed by atoms with Gasteiger partial charge in [0.1, 0.15) is 5.82 Å². The van der Waals surface area contributed by atoms with Crippen LogP contribution in [0.2, 0.25) is 0 Å². The van der Waals surface area contributed by atoms with Crippen molar-refractivity contribution in [3.63, 3.8) is 0 Å². The Bertz CT molecular complexity index is 900. The van der Waals surface area contributed by atoms with Crippen molar-refractivity contribution in [3.8, 4) is 5.69 Å². The summed E-state index contributed by atoms with van der Waals surface area (Å²) in [6, 6.07) is 7.83. The van der Waals surface area contributed by atoms with E-state index in [2.05, 4.69) is 5.10 Å². The van der Waals surface area contributed by atoms with Crippen LogP contribution < -0.4 is 0 Å². The molecule has 0 atom stereocenters. The molecule has 0 aliphatic carbocycles. The lowest BCUT2D eigenvalue weighted by Crippen LogP contribution is -2.04. The Morgan fingerprint density at radius 2 is 1.73 bits per heavy atom. The van der Waals surface area contributed by atoms with Crippen LogP contribution >= 0.6 is 0 Å². The number of aromatic carboxylic acids is 2. The zero-order valence-electron chi connectivity index (χ0n) is 11.0. The molecule has 0 bridgehead atoms. The first-order chi connectivity index (χ1) is 10.5. The number of rotatable bonds is 3. The van der Waals surface area contributed by atoms with E-state index in [9.17, 15) is 19.1 Å².